The molecule has 0 aliphatic carbocycles. The minimum Gasteiger partial charge on any atom is -0.323 e. The Morgan fingerprint density at radius 1 is 1.06 bits per heavy atom. The average molecular weight is 457 g/mol. The Hall–Kier alpha value is -3.27. The number of hydrogen-bond acceptors (Lipinski definition) is 6. The van der Waals surface area contributed by atoms with Gasteiger partial charge >= 0.3 is 5.69 Å². The predicted molar refractivity (Wildman–Crippen MR) is 121 cm³/mol. The van der Waals surface area contributed by atoms with E-state index in [1.165, 1.54) is 14.7 Å². The van der Waals surface area contributed by atoms with Gasteiger partial charge in [-0.1, -0.05) is 37.6 Å². The van der Waals surface area contributed by atoms with E-state index in [0.29, 0.717) is 31.6 Å². The van der Waals surface area contributed by atoms with E-state index in [9.17, 15) is 9.59 Å². The molecule has 3 aromatic heterocycles. The molecule has 32 heavy (non-hydrogen) atoms. The molecule has 0 amide bonds. The smallest absolute Gasteiger partial charge is 0.323 e. The summed E-state index contributed by atoms with van der Waals surface area (Å²) < 4.78 is 4.47. The van der Waals surface area contributed by atoms with Crippen LogP contribution in [-0.2, 0) is 26.1 Å². The van der Waals surface area contributed by atoms with Crippen molar-refractivity contribution in [3.05, 3.63) is 67.3 Å². The van der Waals surface area contributed by atoms with Crippen LogP contribution in [0.4, 0.5) is 0 Å². The van der Waals surface area contributed by atoms with Gasteiger partial charge in [0.1, 0.15) is 0 Å². The number of benzene rings is 1. The summed E-state index contributed by atoms with van der Waals surface area (Å²) in [5.41, 5.74) is 2.07. The summed E-state index contributed by atoms with van der Waals surface area (Å²) in [6.07, 6.45) is 2.84. The van der Waals surface area contributed by atoms with Crippen molar-refractivity contribution in [1.29, 1.82) is 0 Å². The SMILES string of the molecule is CCCCn1c(=O)n(CCCn2nnnc2Cc2ccccc2C)c(=O)c2[nH]c(Cl)nc21. The van der Waals surface area contributed by atoms with Gasteiger partial charge in [0.2, 0.25) is 5.28 Å². The number of tetrazole rings is 1. The van der Waals surface area contributed by atoms with Crippen LogP contribution in [0.15, 0.2) is 33.9 Å². The van der Waals surface area contributed by atoms with Gasteiger partial charge < -0.3 is 4.98 Å². The van der Waals surface area contributed by atoms with E-state index in [1.807, 2.05) is 19.1 Å². The number of nitrogens with one attached hydrogen (secondary N) is 1. The maximum atomic E-state index is 13.0. The Morgan fingerprint density at radius 2 is 1.84 bits per heavy atom. The number of rotatable bonds is 9. The fraction of sp³-hybridized carbons (Fsp3) is 0.429. The molecule has 0 bridgehead atoms. The third kappa shape index (κ3) is 4.36. The van der Waals surface area contributed by atoms with E-state index in [0.717, 1.165) is 24.2 Å². The maximum absolute atomic E-state index is 13.0. The third-order valence-corrected chi connectivity index (χ3v) is 5.71. The largest absolute Gasteiger partial charge is 0.332 e. The molecule has 0 saturated heterocycles. The van der Waals surface area contributed by atoms with Crippen LogP contribution in [-0.4, -0.2) is 39.3 Å². The van der Waals surface area contributed by atoms with Crippen LogP contribution in [0.3, 0.4) is 0 Å². The number of halogens is 1. The first-order chi connectivity index (χ1) is 15.5. The van der Waals surface area contributed by atoms with Crippen molar-refractivity contribution in [3.8, 4) is 0 Å². The first-order valence-electron chi connectivity index (χ1n) is 10.7. The monoisotopic (exact) mass is 456 g/mol. The molecule has 0 saturated carbocycles. The molecule has 0 radical (unpaired) electrons. The van der Waals surface area contributed by atoms with Gasteiger partial charge in [-0.25, -0.2) is 9.48 Å². The van der Waals surface area contributed by atoms with Crippen molar-refractivity contribution in [3.63, 3.8) is 0 Å². The van der Waals surface area contributed by atoms with E-state index >= 15 is 0 Å². The lowest BCUT2D eigenvalue weighted by Gasteiger charge is -2.11. The number of aryl methyl sites for hydroxylation is 3. The summed E-state index contributed by atoms with van der Waals surface area (Å²) in [5, 5.41) is 12.1. The summed E-state index contributed by atoms with van der Waals surface area (Å²) in [4.78, 5) is 32.9. The lowest BCUT2D eigenvalue weighted by atomic mass is 10.1. The molecule has 3 heterocycles. The van der Waals surface area contributed by atoms with Crippen LogP contribution in [0, 0.1) is 6.92 Å². The Morgan fingerprint density at radius 3 is 2.62 bits per heavy atom. The third-order valence-electron chi connectivity index (χ3n) is 5.54. The fourth-order valence-corrected chi connectivity index (χ4v) is 3.91. The molecule has 0 aliphatic heterocycles. The van der Waals surface area contributed by atoms with Gasteiger partial charge in [-0.2, -0.15) is 4.98 Å². The molecule has 0 spiro atoms. The van der Waals surface area contributed by atoms with E-state index in [4.69, 9.17) is 11.6 Å². The predicted octanol–water partition coefficient (Wildman–Crippen LogP) is 2.32. The normalized spacial score (nSPS) is 11.5. The Balaban J connectivity index is 1.55. The molecule has 4 rings (SSSR count). The number of imidazole rings is 1. The fourth-order valence-electron chi connectivity index (χ4n) is 3.73. The average Bonchev–Trinajstić information content (AvgIpc) is 3.38. The summed E-state index contributed by atoms with van der Waals surface area (Å²) in [5.74, 6) is 0.739. The van der Waals surface area contributed by atoms with Crippen LogP contribution in [0.25, 0.3) is 11.2 Å². The number of H-pyrrole nitrogens is 1. The number of aromatic amines is 1. The minimum atomic E-state index is -0.422. The van der Waals surface area contributed by atoms with Crippen LogP contribution >= 0.6 is 11.6 Å². The molecule has 0 atom stereocenters. The van der Waals surface area contributed by atoms with Crippen molar-refractivity contribution in [2.75, 3.05) is 0 Å². The van der Waals surface area contributed by atoms with Gasteiger partial charge in [-0.15, -0.1) is 5.10 Å². The van der Waals surface area contributed by atoms with Crippen LogP contribution in [0.1, 0.15) is 43.1 Å². The second-order valence-corrected chi connectivity index (χ2v) is 8.10. The van der Waals surface area contributed by atoms with E-state index in [1.54, 1.807) is 4.68 Å². The van der Waals surface area contributed by atoms with Crippen molar-refractivity contribution >= 4 is 22.8 Å². The second-order valence-electron chi connectivity index (χ2n) is 7.75. The molecule has 1 aromatic carbocycles. The van der Waals surface area contributed by atoms with Gasteiger partial charge in [0.15, 0.2) is 17.0 Å². The highest BCUT2D eigenvalue weighted by Crippen LogP contribution is 2.12. The lowest BCUT2D eigenvalue weighted by molar-refractivity contribution is 0.475. The summed E-state index contributed by atoms with van der Waals surface area (Å²) >= 11 is 5.98. The number of unbranched alkanes of at least 4 members (excludes halogenated alkanes) is 1. The molecule has 1 N–H and O–H groups in total. The number of fused-ring (bicyclic) bond motifs is 1. The van der Waals surface area contributed by atoms with Gasteiger partial charge in [0.25, 0.3) is 5.56 Å². The molecule has 11 heteroatoms. The molecular weight excluding hydrogens is 432 g/mol. The zero-order chi connectivity index (χ0) is 22.7. The standard InChI is InChI=1S/C21H25ClN8O2/c1-3-4-10-28-18-17(23-20(22)24-18)19(31)29(21(28)32)11-7-12-30-16(25-26-27-30)13-15-9-6-5-8-14(15)2/h5-6,8-9H,3-4,7,10-13H2,1-2H3,(H,23,24). The number of nitrogens with zero attached hydrogens (tertiary/aromatic N) is 7. The highest BCUT2D eigenvalue weighted by molar-refractivity contribution is 6.28. The summed E-state index contributed by atoms with van der Waals surface area (Å²) in [6, 6.07) is 8.09. The minimum absolute atomic E-state index is 0.0917. The number of aromatic nitrogens is 8. The number of hydrogen-bond donors (Lipinski definition) is 1. The van der Waals surface area contributed by atoms with E-state index < -0.39 is 5.56 Å². The summed E-state index contributed by atoms with van der Waals surface area (Å²) in [7, 11) is 0. The van der Waals surface area contributed by atoms with Crippen LogP contribution in [0.5, 0.6) is 0 Å². The summed E-state index contributed by atoms with van der Waals surface area (Å²) in [6.45, 7) is 5.28. The molecule has 0 aliphatic rings. The highest BCUT2D eigenvalue weighted by Gasteiger charge is 2.17. The molecule has 0 unspecified atom stereocenters. The van der Waals surface area contributed by atoms with Crippen molar-refractivity contribution in [1.82, 2.24) is 39.3 Å². The first-order valence-corrected chi connectivity index (χ1v) is 11.1. The van der Waals surface area contributed by atoms with Crippen molar-refractivity contribution in [2.45, 2.75) is 59.2 Å². The maximum Gasteiger partial charge on any atom is 0.332 e. The van der Waals surface area contributed by atoms with Gasteiger partial charge in [-0.3, -0.25) is 13.9 Å². The molecule has 4 aromatic rings. The van der Waals surface area contributed by atoms with E-state index in [-0.39, 0.29) is 23.0 Å². The zero-order valence-electron chi connectivity index (χ0n) is 18.1. The Kier molecular flexibility index (Phi) is 6.50. The van der Waals surface area contributed by atoms with Crippen molar-refractivity contribution < 1.29 is 0 Å². The van der Waals surface area contributed by atoms with E-state index in [2.05, 4.69) is 44.5 Å². The molecule has 0 fully saturated rings. The molecular formula is C21H25ClN8O2. The van der Waals surface area contributed by atoms with Gasteiger partial charge in [0, 0.05) is 26.1 Å². The topological polar surface area (TPSA) is 116 Å². The molecule has 168 valence electrons. The zero-order valence-corrected chi connectivity index (χ0v) is 18.8. The second kappa shape index (κ2) is 9.47. The van der Waals surface area contributed by atoms with Crippen LogP contribution < -0.4 is 11.2 Å². The Labute approximate surface area is 188 Å². The molecule has 10 nitrogen and oxygen atoms in total. The first kappa shape index (κ1) is 21.9. The quantitative estimate of drug-likeness (QED) is 0.386. The lowest BCUT2D eigenvalue weighted by Crippen LogP contribution is -2.40. The van der Waals surface area contributed by atoms with Gasteiger partial charge in [-0.05, 0) is 52.9 Å². The van der Waals surface area contributed by atoms with Crippen molar-refractivity contribution in [2.24, 2.45) is 0 Å². The van der Waals surface area contributed by atoms with Gasteiger partial charge in [0.05, 0.1) is 0 Å². The van der Waals surface area contributed by atoms with Crippen LogP contribution in [0.2, 0.25) is 5.28 Å². The Bertz CT molecular complexity index is 1350. The highest BCUT2D eigenvalue weighted by atomic mass is 35.5.